The highest BCUT2D eigenvalue weighted by Crippen LogP contribution is 2.26. The summed E-state index contributed by atoms with van der Waals surface area (Å²) >= 11 is 0. The number of carboxylic acids is 1. The molecule has 176 valence electrons. The van der Waals surface area contributed by atoms with E-state index >= 15 is 0 Å². The molecule has 0 atom stereocenters. The first kappa shape index (κ1) is 24.5. The van der Waals surface area contributed by atoms with Gasteiger partial charge in [0, 0.05) is 5.56 Å². The van der Waals surface area contributed by atoms with Crippen molar-refractivity contribution in [2.45, 2.75) is 11.8 Å². The first-order chi connectivity index (χ1) is 16.2. The van der Waals surface area contributed by atoms with Crippen molar-refractivity contribution in [1.82, 2.24) is 5.43 Å². The number of carbonyl (C=O) groups excluding carboxylic acids is 1. The van der Waals surface area contributed by atoms with Crippen molar-refractivity contribution in [2.24, 2.45) is 5.10 Å². The van der Waals surface area contributed by atoms with Crippen LogP contribution in [0.1, 0.15) is 21.5 Å². The number of hydrogen-bond donors (Lipinski definition) is 2. The zero-order chi connectivity index (χ0) is 24.7. The summed E-state index contributed by atoms with van der Waals surface area (Å²) in [7, 11) is -2.59. The van der Waals surface area contributed by atoms with Crippen LogP contribution in [-0.4, -0.2) is 45.3 Å². The number of sulfonamides is 1. The summed E-state index contributed by atoms with van der Waals surface area (Å²) in [4.78, 5) is 23.9. The van der Waals surface area contributed by atoms with E-state index in [0.717, 1.165) is 9.87 Å². The average molecular weight is 482 g/mol. The minimum atomic E-state index is -4.08. The number of aromatic carboxylic acids is 1. The zero-order valence-corrected chi connectivity index (χ0v) is 19.3. The molecule has 0 unspecified atom stereocenters. The normalized spacial score (nSPS) is 11.2. The molecule has 3 aromatic carbocycles. The van der Waals surface area contributed by atoms with Crippen molar-refractivity contribution in [3.8, 4) is 5.75 Å². The number of nitrogens with one attached hydrogen (secondary N) is 1. The molecule has 0 bridgehead atoms. The summed E-state index contributed by atoms with van der Waals surface area (Å²) in [5.74, 6) is -1.32. The van der Waals surface area contributed by atoms with Crippen molar-refractivity contribution in [1.29, 1.82) is 0 Å². The SMILES string of the molecule is COc1ccc(N(CC(=O)N/N=C/c2ccccc2C(=O)O)S(=O)(=O)c2ccc(C)cc2)cc1. The molecule has 9 nitrogen and oxygen atoms in total. The van der Waals surface area contributed by atoms with Crippen LogP contribution in [0.4, 0.5) is 5.69 Å². The lowest BCUT2D eigenvalue weighted by molar-refractivity contribution is -0.119. The van der Waals surface area contributed by atoms with Gasteiger partial charge in [0.1, 0.15) is 12.3 Å². The Hall–Kier alpha value is -4.18. The molecular formula is C24H23N3O6S. The van der Waals surface area contributed by atoms with Gasteiger partial charge >= 0.3 is 5.97 Å². The number of benzene rings is 3. The first-order valence-electron chi connectivity index (χ1n) is 10.1. The van der Waals surface area contributed by atoms with Gasteiger partial charge in [0.25, 0.3) is 15.9 Å². The van der Waals surface area contributed by atoms with Gasteiger partial charge in [0.15, 0.2) is 0 Å². The largest absolute Gasteiger partial charge is 0.497 e. The molecule has 0 aromatic heterocycles. The predicted molar refractivity (Wildman–Crippen MR) is 128 cm³/mol. The second-order valence-electron chi connectivity index (χ2n) is 7.21. The van der Waals surface area contributed by atoms with Gasteiger partial charge in [-0.2, -0.15) is 5.10 Å². The van der Waals surface area contributed by atoms with E-state index in [4.69, 9.17) is 4.74 Å². The number of nitrogens with zero attached hydrogens (tertiary/aromatic N) is 2. The van der Waals surface area contributed by atoms with Gasteiger partial charge in [0.2, 0.25) is 0 Å². The van der Waals surface area contributed by atoms with Gasteiger partial charge in [-0.3, -0.25) is 9.10 Å². The van der Waals surface area contributed by atoms with E-state index in [1.54, 1.807) is 36.4 Å². The Labute approximate surface area is 197 Å². The molecule has 0 saturated carbocycles. The Kier molecular flexibility index (Phi) is 7.64. The highest BCUT2D eigenvalue weighted by atomic mass is 32.2. The molecule has 0 heterocycles. The Balaban J connectivity index is 1.86. The van der Waals surface area contributed by atoms with Crippen molar-refractivity contribution < 1.29 is 27.9 Å². The Morgan fingerprint density at radius 3 is 2.29 bits per heavy atom. The first-order valence-corrected chi connectivity index (χ1v) is 11.5. The van der Waals surface area contributed by atoms with E-state index in [1.165, 1.54) is 49.7 Å². The maximum atomic E-state index is 13.4. The van der Waals surface area contributed by atoms with Crippen LogP contribution in [0.15, 0.2) is 82.8 Å². The molecule has 0 aliphatic carbocycles. The van der Waals surface area contributed by atoms with Crippen LogP contribution in [0.2, 0.25) is 0 Å². The van der Waals surface area contributed by atoms with E-state index in [0.29, 0.717) is 5.75 Å². The molecule has 34 heavy (non-hydrogen) atoms. The Bertz CT molecular complexity index is 1300. The molecular weight excluding hydrogens is 458 g/mol. The quantitative estimate of drug-likeness (QED) is 0.357. The van der Waals surface area contributed by atoms with Gasteiger partial charge < -0.3 is 9.84 Å². The van der Waals surface area contributed by atoms with Crippen LogP contribution < -0.4 is 14.5 Å². The molecule has 3 rings (SSSR count). The topological polar surface area (TPSA) is 125 Å². The fourth-order valence-electron chi connectivity index (χ4n) is 3.04. The van der Waals surface area contributed by atoms with Gasteiger partial charge in [-0.25, -0.2) is 18.6 Å². The van der Waals surface area contributed by atoms with Crippen LogP contribution in [-0.2, 0) is 14.8 Å². The Morgan fingerprint density at radius 2 is 1.68 bits per heavy atom. The second-order valence-corrected chi connectivity index (χ2v) is 9.07. The summed E-state index contributed by atoms with van der Waals surface area (Å²) < 4.78 is 32.8. The summed E-state index contributed by atoms with van der Waals surface area (Å²) in [5, 5.41) is 13.0. The van der Waals surface area contributed by atoms with E-state index in [9.17, 15) is 23.1 Å². The lowest BCUT2D eigenvalue weighted by Gasteiger charge is -2.24. The standard InChI is InChI=1S/C24H23N3O6S/c1-17-7-13-21(14-8-17)34(31,32)27(19-9-11-20(33-2)12-10-19)16-23(28)26-25-15-18-5-3-4-6-22(18)24(29)30/h3-15H,16H2,1-2H3,(H,26,28)(H,29,30)/b25-15+. The number of rotatable bonds is 9. The fraction of sp³-hybridized carbons (Fsp3) is 0.125. The number of methoxy groups -OCH3 is 1. The van der Waals surface area contributed by atoms with Crippen LogP contribution in [0.3, 0.4) is 0 Å². The van der Waals surface area contributed by atoms with Crippen LogP contribution in [0.25, 0.3) is 0 Å². The molecule has 1 amide bonds. The summed E-state index contributed by atoms with van der Waals surface area (Å²) in [6.07, 6.45) is 1.19. The van der Waals surface area contributed by atoms with E-state index in [-0.39, 0.29) is 21.7 Å². The number of aryl methyl sites for hydroxylation is 1. The monoisotopic (exact) mass is 481 g/mol. The van der Waals surface area contributed by atoms with Crippen molar-refractivity contribution >= 4 is 33.8 Å². The fourth-order valence-corrected chi connectivity index (χ4v) is 4.47. The van der Waals surface area contributed by atoms with Crippen molar-refractivity contribution in [2.75, 3.05) is 18.0 Å². The zero-order valence-electron chi connectivity index (χ0n) is 18.5. The maximum absolute atomic E-state index is 13.4. The summed E-state index contributed by atoms with van der Waals surface area (Å²) in [6, 6.07) is 18.7. The average Bonchev–Trinajstić information content (AvgIpc) is 2.83. The minimum Gasteiger partial charge on any atom is -0.497 e. The number of carboxylic acid groups (broad SMARTS) is 1. The van der Waals surface area contributed by atoms with Gasteiger partial charge in [-0.15, -0.1) is 0 Å². The molecule has 0 fully saturated rings. The number of hydrogen-bond acceptors (Lipinski definition) is 6. The van der Waals surface area contributed by atoms with Gasteiger partial charge in [-0.05, 0) is 49.4 Å². The number of ether oxygens (including phenoxy) is 1. The number of amides is 1. The van der Waals surface area contributed by atoms with E-state index in [1.807, 2.05) is 6.92 Å². The summed E-state index contributed by atoms with van der Waals surface area (Å²) in [6.45, 7) is 1.28. The highest BCUT2D eigenvalue weighted by molar-refractivity contribution is 7.92. The molecule has 0 radical (unpaired) electrons. The number of hydrazone groups is 1. The Morgan fingerprint density at radius 1 is 1.03 bits per heavy atom. The van der Waals surface area contributed by atoms with Crippen LogP contribution in [0.5, 0.6) is 5.75 Å². The van der Waals surface area contributed by atoms with E-state index in [2.05, 4.69) is 10.5 Å². The molecule has 3 aromatic rings. The summed E-state index contributed by atoms with van der Waals surface area (Å²) in [5.41, 5.74) is 3.72. The molecule has 0 saturated heterocycles. The van der Waals surface area contributed by atoms with Crippen molar-refractivity contribution in [3.05, 3.63) is 89.5 Å². The van der Waals surface area contributed by atoms with Gasteiger partial charge in [-0.1, -0.05) is 35.9 Å². The third-order valence-corrected chi connectivity index (χ3v) is 6.63. The van der Waals surface area contributed by atoms with Crippen LogP contribution in [0, 0.1) is 6.92 Å². The van der Waals surface area contributed by atoms with E-state index < -0.39 is 28.4 Å². The maximum Gasteiger partial charge on any atom is 0.336 e. The molecule has 0 spiro atoms. The molecule has 2 N–H and O–H groups in total. The number of carbonyl (C=O) groups is 2. The van der Waals surface area contributed by atoms with Crippen molar-refractivity contribution in [3.63, 3.8) is 0 Å². The number of anilines is 1. The third kappa shape index (κ3) is 5.78. The third-order valence-electron chi connectivity index (χ3n) is 4.84. The predicted octanol–water partition coefficient (Wildman–Crippen LogP) is 3.05. The smallest absolute Gasteiger partial charge is 0.336 e. The lowest BCUT2D eigenvalue weighted by atomic mass is 10.1. The molecule has 0 aliphatic rings. The molecule has 0 aliphatic heterocycles. The minimum absolute atomic E-state index is 0.0160. The van der Waals surface area contributed by atoms with Gasteiger partial charge in [0.05, 0.1) is 29.5 Å². The second kappa shape index (κ2) is 10.6. The molecule has 10 heteroatoms. The lowest BCUT2D eigenvalue weighted by Crippen LogP contribution is -2.39. The van der Waals surface area contributed by atoms with Crippen LogP contribution >= 0.6 is 0 Å². The highest BCUT2D eigenvalue weighted by Gasteiger charge is 2.27.